The fourth-order valence-corrected chi connectivity index (χ4v) is 2.39. The molecule has 0 aliphatic rings. The van der Waals surface area contributed by atoms with Gasteiger partial charge in [0.05, 0.1) is 18.2 Å². The molecular weight excluding hydrogens is 334 g/mol. The summed E-state index contributed by atoms with van der Waals surface area (Å²) in [5.74, 6) is 6.07. The van der Waals surface area contributed by atoms with E-state index in [9.17, 15) is 4.79 Å². The topological polar surface area (TPSA) is 64.9 Å². The van der Waals surface area contributed by atoms with Crippen molar-refractivity contribution in [3.8, 4) is 17.9 Å². The number of nitriles is 1. The molecule has 0 bridgehead atoms. The molecule has 130 valence electrons. The largest absolute Gasteiger partial charge is 0.376 e. The Morgan fingerprint density at radius 3 is 2.22 bits per heavy atom. The Morgan fingerprint density at radius 1 is 0.778 bits per heavy atom. The second kappa shape index (κ2) is 8.89. The van der Waals surface area contributed by atoms with Gasteiger partial charge in [-0.25, -0.2) is 0 Å². The van der Waals surface area contributed by atoms with Crippen LogP contribution in [-0.4, -0.2) is 12.5 Å². The molecule has 3 aromatic rings. The predicted octanol–water partition coefficient (Wildman–Crippen LogP) is 4.01. The maximum Gasteiger partial charge on any atom is 0.243 e. The zero-order chi connectivity index (χ0) is 18.9. The van der Waals surface area contributed by atoms with Crippen molar-refractivity contribution in [1.29, 1.82) is 5.26 Å². The molecular formula is C23H17N3O. The van der Waals surface area contributed by atoms with Gasteiger partial charge in [-0.1, -0.05) is 36.1 Å². The molecule has 4 nitrogen and oxygen atoms in total. The number of anilines is 2. The normalized spacial score (nSPS) is 9.44. The van der Waals surface area contributed by atoms with Gasteiger partial charge in [0.15, 0.2) is 0 Å². The van der Waals surface area contributed by atoms with Gasteiger partial charge in [0, 0.05) is 22.5 Å². The van der Waals surface area contributed by atoms with E-state index in [1.807, 2.05) is 60.7 Å². The van der Waals surface area contributed by atoms with Crippen molar-refractivity contribution in [2.75, 3.05) is 17.2 Å². The number of nitrogens with zero attached hydrogens (tertiary/aromatic N) is 1. The molecule has 0 aromatic heterocycles. The van der Waals surface area contributed by atoms with Crippen molar-refractivity contribution < 1.29 is 4.79 Å². The van der Waals surface area contributed by atoms with Crippen LogP contribution >= 0.6 is 0 Å². The molecule has 0 unspecified atom stereocenters. The number of amides is 1. The maximum atomic E-state index is 12.1. The molecule has 1 amide bonds. The first-order valence-electron chi connectivity index (χ1n) is 8.44. The van der Waals surface area contributed by atoms with E-state index >= 15 is 0 Å². The summed E-state index contributed by atoms with van der Waals surface area (Å²) in [6.07, 6.45) is 0. The van der Waals surface area contributed by atoms with E-state index in [-0.39, 0.29) is 12.5 Å². The second-order valence-corrected chi connectivity index (χ2v) is 5.79. The Morgan fingerprint density at radius 2 is 1.48 bits per heavy atom. The molecule has 0 fully saturated rings. The van der Waals surface area contributed by atoms with Crippen LogP contribution in [0.5, 0.6) is 0 Å². The lowest BCUT2D eigenvalue weighted by Gasteiger charge is -2.08. The lowest BCUT2D eigenvalue weighted by molar-refractivity contribution is -0.114. The fraction of sp³-hybridized carbons (Fsp3) is 0.0435. The molecule has 0 atom stereocenters. The first kappa shape index (κ1) is 17.8. The molecule has 0 aliphatic heterocycles. The summed E-state index contributed by atoms with van der Waals surface area (Å²) in [4.78, 5) is 12.1. The minimum atomic E-state index is -0.166. The van der Waals surface area contributed by atoms with Crippen molar-refractivity contribution >= 4 is 17.3 Å². The van der Waals surface area contributed by atoms with Crippen LogP contribution in [0.2, 0.25) is 0 Å². The Bertz CT molecular complexity index is 1020. The van der Waals surface area contributed by atoms with E-state index in [0.29, 0.717) is 11.3 Å². The highest BCUT2D eigenvalue weighted by atomic mass is 16.1. The first-order valence-corrected chi connectivity index (χ1v) is 8.44. The molecule has 4 heteroatoms. The Hall–Kier alpha value is -4.02. The smallest absolute Gasteiger partial charge is 0.243 e. The highest BCUT2D eigenvalue weighted by Gasteiger charge is 2.03. The van der Waals surface area contributed by atoms with Gasteiger partial charge in [-0.2, -0.15) is 5.26 Å². The first-order chi connectivity index (χ1) is 13.2. The Labute approximate surface area is 158 Å². The standard InChI is InChI=1S/C23H17N3O/c24-16-20-11-13-21(14-12-20)26-23(27)17-25-22-8-4-7-19(15-22)10-9-18-5-2-1-3-6-18/h1-8,11-15,25H,17H2,(H,26,27). The molecule has 0 spiro atoms. The quantitative estimate of drug-likeness (QED) is 0.698. The Balaban J connectivity index is 1.57. The monoisotopic (exact) mass is 351 g/mol. The van der Waals surface area contributed by atoms with Crippen LogP contribution in [0.4, 0.5) is 11.4 Å². The zero-order valence-corrected chi connectivity index (χ0v) is 14.6. The molecule has 0 saturated heterocycles. The van der Waals surface area contributed by atoms with Gasteiger partial charge in [0.25, 0.3) is 0 Å². The van der Waals surface area contributed by atoms with Crippen LogP contribution in [-0.2, 0) is 4.79 Å². The van der Waals surface area contributed by atoms with Gasteiger partial charge >= 0.3 is 0 Å². The minimum absolute atomic E-state index is 0.134. The number of rotatable bonds is 4. The van der Waals surface area contributed by atoms with Gasteiger partial charge in [-0.15, -0.1) is 0 Å². The van der Waals surface area contributed by atoms with Crippen molar-refractivity contribution in [3.63, 3.8) is 0 Å². The molecule has 27 heavy (non-hydrogen) atoms. The number of hydrogen-bond donors (Lipinski definition) is 2. The number of hydrogen-bond acceptors (Lipinski definition) is 3. The van der Waals surface area contributed by atoms with Crippen molar-refractivity contribution in [3.05, 3.63) is 95.6 Å². The van der Waals surface area contributed by atoms with Crippen LogP contribution in [0.25, 0.3) is 0 Å². The number of carbonyl (C=O) groups excluding carboxylic acids is 1. The van der Waals surface area contributed by atoms with Gasteiger partial charge in [-0.05, 0) is 54.6 Å². The maximum absolute atomic E-state index is 12.1. The van der Waals surface area contributed by atoms with Crippen molar-refractivity contribution in [2.24, 2.45) is 0 Å². The van der Waals surface area contributed by atoms with E-state index in [2.05, 4.69) is 22.5 Å². The number of carbonyl (C=O) groups is 1. The average molecular weight is 351 g/mol. The van der Waals surface area contributed by atoms with Crippen molar-refractivity contribution in [1.82, 2.24) is 0 Å². The Kier molecular flexibility index (Phi) is 5.86. The van der Waals surface area contributed by atoms with E-state index in [1.165, 1.54) is 0 Å². The van der Waals surface area contributed by atoms with Gasteiger partial charge < -0.3 is 10.6 Å². The minimum Gasteiger partial charge on any atom is -0.376 e. The van der Waals surface area contributed by atoms with Gasteiger partial charge in [-0.3, -0.25) is 4.79 Å². The molecule has 2 N–H and O–H groups in total. The summed E-state index contributed by atoms with van der Waals surface area (Å²) in [5, 5.41) is 14.7. The molecule has 3 rings (SSSR count). The third-order valence-corrected chi connectivity index (χ3v) is 3.74. The SMILES string of the molecule is N#Cc1ccc(NC(=O)CNc2cccc(C#Cc3ccccc3)c2)cc1. The number of benzene rings is 3. The molecule has 0 saturated carbocycles. The summed E-state index contributed by atoms with van der Waals surface area (Å²) < 4.78 is 0. The summed E-state index contributed by atoms with van der Waals surface area (Å²) >= 11 is 0. The molecule has 0 aliphatic carbocycles. The summed E-state index contributed by atoms with van der Waals surface area (Å²) in [6.45, 7) is 0.134. The summed E-state index contributed by atoms with van der Waals surface area (Å²) in [5.41, 5.74) is 3.86. The average Bonchev–Trinajstić information content (AvgIpc) is 2.72. The molecule has 0 radical (unpaired) electrons. The van der Waals surface area contributed by atoms with Crippen LogP contribution in [0, 0.1) is 23.2 Å². The molecule has 0 heterocycles. The van der Waals surface area contributed by atoms with E-state index < -0.39 is 0 Å². The number of nitrogens with one attached hydrogen (secondary N) is 2. The zero-order valence-electron chi connectivity index (χ0n) is 14.6. The lowest BCUT2D eigenvalue weighted by atomic mass is 10.1. The van der Waals surface area contributed by atoms with Crippen LogP contribution < -0.4 is 10.6 Å². The lowest BCUT2D eigenvalue weighted by Crippen LogP contribution is -2.21. The van der Waals surface area contributed by atoms with E-state index in [4.69, 9.17) is 5.26 Å². The van der Waals surface area contributed by atoms with Crippen LogP contribution in [0.15, 0.2) is 78.9 Å². The van der Waals surface area contributed by atoms with E-state index in [0.717, 1.165) is 16.8 Å². The third kappa shape index (κ3) is 5.49. The predicted molar refractivity (Wildman–Crippen MR) is 107 cm³/mol. The van der Waals surface area contributed by atoms with Gasteiger partial charge in [0.1, 0.15) is 0 Å². The molecule has 3 aromatic carbocycles. The summed E-state index contributed by atoms with van der Waals surface area (Å²) in [6, 6.07) is 26.2. The third-order valence-electron chi connectivity index (χ3n) is 3.74. The fourth-order valence-electron chi connectivity index (χ4n) is 2.39. The van der Waals surface area contributed by atoms with Gasteiger partial charge in [0.2, 0.25) is 5.91 Å². The second-order valence-electron chi connectivity index (χ2n) is 5.79. The summed E-state index contributed by atoms with van der Waals surface area (Å²) in [7, 11) is 0. The highest BCUT2D eigenvalue weighted by molar-refractivity contribution is 5.93. The van der Waals surface area contributed by atoms with E-state index in [1.54, 1.807) is 24.3 Å². The van der Waals surface area contributed by atoms with Crippen molar-refractivity contribution in [2.45, 2.75) is 0 Å². The highest BCUT2D eigenvalue weighted by Crippen LogP contribution is 2.11. The van der Waals surface area contributed by atoms with Crippen LogP contribution in [0.3, 0.4) is 0 Å². The van der Waals surface area contributed by atoms with Crippen LogP contribution in [0.1, 0.15) is 16.7 Å².